The molecule has 1 aromatic carbocycles. The Morgan fingerprint density at radius 2 is 1.84 bits per heavy atom. The Bertz CT molecular complexity index is 339. The predicted octanol–water partition coefficient (Wildman–Crippen LogP) is 4.07. The van der Waals surface area contributed by atoms with Crippen LogP contribution in [0.5, 0.6) is 0 Å². The Morgan fingerprint density at radius 3 is 2.37 bits per heavy atom. The molecular formula is C16H26ClNO. The highest BCUT2D eigenvalue weighted by atomic mass is 35.5. The summed E-state index contributed by atoms with van der Waals surface area (Å²) < 4.78 is 5.66. The molecular weight excluding hydrogens is 258 g/mol. The zero-order valence-corrected chi connectivity index (χ0v) is 13.0. The molecule has 19 heavy (non-hydrogen) atoms. The minimum atomic E-state index is 0.271. The monoisotopic (exact) mass is 283 g/mol. The van der Waals surface area contributed by atoms with Crippen LogP contribution in [0.4, 0.5) is 0 Å². The lowest BCUT2D eigenvalue weighted by Crippen LogP contribution is -2.43. The predicted molar refractivity (Wildman–Crippen MR) is 82.9 cm³/mol. The minimum absolute atomic E-state index is 0.271. The van der Waals surface area contributed by atoms with Gasteiger partial charge in [-0.05, 0) is 43.5 Å². The van der Waals surface area contributed by atoms with Crippen LogP contribution in [-0.2, 0) is 11.2 Å². The molecule has 1 aromatic rings. The van der Waals surface area contributed by atoms with Crippen molar-refractivity contribution < 1.29 is 4.74 Å². The van der Waals surface area contributed by atoms with Gasteiger partial charge in [0, 0.05) is 18.2 Å². The molecule has 2 unspecified atom stereocenters. The van der Waals surface area contributed by atoms with Gasteiger partial charge in [0.2, 0.25) is 0 Å². The maximum absolute atomic E-state index is 5.93. The molecule has 0 aliphatic heterocycles. The van der Waals surface area contributed by atoms with Gasteiger partial charge in [0.1, 0.15) is 0 Å². The van der Waals surface area contributed by atoms with Gasteiger partial charge >= 0.3 is 0 Å². The van der Waals surface area contributed by atoms with Gasteiger partial charge in [-0.15, -0.1) is 0 Å². The molecule has 0 bridgehead atoms. The maximum atomic E-state index is 5.93. The van der Waals surface area contributed by atoms with Crippen LogP contribution in [0.1, 0.15) is 38.7 Å². The lowest BCUT2D eigenvalue weighted by atomic mass is 9.98. The van der Waals surface area contributed by atoms with E-state index < -0.39 is 0 Å². The number of hydrogen-bond donors (Lipinski definition) is 1. The molecule has 108 valence electrons. The first-order valence-corrected chi connectivity index (χ1v) is 7.59. The van der Waals surface area contributed by atoms with Crippen molar-refractivity contribution in [2.75, 3.05) is 13.7 Å². The van der Waals surface area contributed by atoms with E-state index in [1.54, 1.807) is 0 Å². The van der Waals surface area contributed by atoms with Crippen LogP contribution in [0.3, 0.4) is 0 Å². The van der Waals surface area contributed by atoms with Crippen molar-refractivity contribution in [3.05, 3.63) is 34.9 Å². The Kier molecular flexibility index (Phi) is 8.11. The topological polar surface area (TPSA) is 21.3 Å². The smallest absolute Gasteiger partial charge is 0.0727 e. The summed E-state index contributed by atoms with van der Waals surface area (Å²) in [6, 6.07) is 8.47. The van der Waals surface area contributed by atoms with Gasteiger partial charge in [0.25, 0.3) is 0 Å². The van der Waals surface area contributed by atoms with Crippen molar-refractivity contribution in [3.63, 3.8) is 0 Å². The van der Waals surface area contributed by atoms with E-state index in [9.17, 15) is 0 Å². The van der Waals surface area contributed by atoms with Crippen LogP contribution in [0.15, 0.2) is 24.3 Å². The molecule has 0 aromatic heterocycles. The van der Waals surface area contributed by atoms with Crippen molar-refractivity contribution >= 4 is 11.6 Å². The van der Waals surface area contributed by atoms with Crippen molar-refractivity contribution in [2.45, 2.75) is 51.7 Å². The van der Waals surface area contributed by atoms with Gasteiger partial charge in [0.05, 0.1) is 6.10 Å². The molecule has 0 aliphatic carbocycles. The Labute approximate surface area is 122 Å². The van der Waals surface area contributed by atoms with E-state index in [0.29, 0.717) is 6.04 Å². The van der Waals surface area contributed by atoms with Crippen molar-refractivity contribution in [1.29, 1.82) is 0 Å². The van der Waals surface area contributed by atoms with Crippen LogP contribution < -0.4 is 5.32 Å². The number of ether oxygens (including phenoxy) is 1. The minimum Gasteiger partial charge on any atom is -0.380 e. The summed E-state index contributed by atoms with van der Waals surface area (Å²) in [5.41, 5.74) is 1.30. The van der Waals surface area contributed by atoms with E-state index in [1.807, 2.05) is 19.2 Å². The van der Waals surface area contributed by atoms with E-state index in [1.165, 1.54) is 5.56 Å². The normalized spacial score (nSPS) is 14.3. The number of methoxy groups -OCH3 is 1. The molecule has 2 nitrogen and oxygen atoms in total. The third-order valence-corrected chi connectivity index (χ3v) is 3.60. The van der Waals surface area contributed by atoms with Gasteiger partial charge in [-0.2, -0.15) is 0 Å². The molecule has 0 aliphatic rings. The average Bonchev–Trinajstić information content (AvgIpc) is 2.43. The van der Waals surface area contributed by atoms with Crippen molar-refractivity contribution in [2.24, 2.45) is 0 Å². The van der Waals surface area contributed by atoms with Gasteiger partial charge in [-0.3, -0.25) is 0 Å². The zero-order valence-electron chi connectivity index (χ0n) is 12.3. The number of hydrogen-bond acceptors (Lipinski definition) is 2. The summed E-state index contributed by atoms with van der Waals surface area (Å²) in [7, 11) is 1.81. The zero-order chi connectivity index (χ0) is 14.1. The first-order valence-electron chi connectivity index (χ1n) is 7.21. The number of nitrogens with one attached hydrogen (secondary N) is 1. The second-order valence-electron chi connectivity index (χ2n) is 4.95. The van der Waals surface area contributed by atoms with Crippen LogP contribution in [0.25, 0.3) is 0 Å². The first kappa shape index (κ1) is 16.5. The fourth-order valence-electron chi connectivity index (χ4n) is 2.31. The largest absolute Gasteiger partial charge is 0.380 e. The summed E-state index contributed by atoms with van der Waals surface area (Å²) in [6.07, 6.45) is 4.62. The van der Waals surface area contributed by atoms with E-state index in [-0.39, 0.29) is 6.10 Å². The lowest BCUT2D eigenvalue weighted by Gasteiger charge is -2.27. The third-order valence-electron chi connectivity index (χ3n) is 3.35. The standard InChI is InChI=1S/C16H26ClNO/c1-4-6-16(19-3)15(18-11-5-2)12-13-7-9-14(17)10-8-13/h7-10,15-16,18H,4-6,11-12H2,1-3H3. The fourth-order valence-corrected chi connectivity index (χ4v) is 2.43. The molecule has 0 fully saturated rings. The molecule has 0 saturated carbocycles. The molecule has 0 spiro atoms. The average molecular weight is 284 g/mol. The van der Waals surface area contributed by atoms with Crippen molar-refractivity contribution in [3.8, 4) is 0 Å². The second-order valence-corrected chi connectivity index (χ2v) is 5.39. The first-order chi connectivity index (χ1) is 9.21. The molecule has 0 saturated heterocycles. The SMILES string of the molecule is CCCNC(Cc1ccc(Cl)cc1)C(CCC)OC. The summed E-state index contributed by atoms with van der Waals surface area (Å²) in [5, 5.41) is 4.40. The molecule has 0 radical (unpaired) electrons. The second kappa shape index (κ2) is 9.35. The Morgan fingerprint density at radius 1 is 1.16 bits per heavy atom. The quantitative estimate of drug-likeness (QED) is 0.738. The van der Waals surface area contributed by atoms with E-state index in [4.69, 9.17) is 16.3 Å². The van der Waals surface area contributed by atoms with E-state index >= 15 is 0 Å². The van der Waals surface area contributed by atoms with Gasteiger partial charge < -0.3 is 10.1 Å². The summed E-state index contributed by atoms with van der Waals surface area (Å²) >= 11 is 5.93. The van der Waals surface area contributed by atoms with Crippen molar-refractivity contribution in [1.82, 2.24) is 5.32 Å². The third kappa shape index (κ3) is 5.94. The van der Waals surface area contributed by atoms with Crippen LogP contribution >= 0.6 is 11.6 Å². The van der Waals surface area contributed by atoms with E-state index in [0.717, 1.165) is 37.3 Å². The fraction of sp³-hybridized carbons (Fsp3) is 0.625. The van der Waals surface area contributed by atoms with Gasteiger partial charge in [-0.25, -0.2) is 0 Å². The Hall–Kier alpha value is -0.570. The molecule has 0 heterocycles. The van der Waals surface area contributed by atoms with E-state index in [2.05, 4.69) is 31.3 Å². The van der Waals surface area contributed by atoms with Crippen LogP contribution in [-0.4, -0.2) is 25.8 Å². The highest BCUT2D eigenvalue weighted by Crippen LogP contribution is 2.15. The Balaban J connectivity index is 2.69. The highest BCUT2D eigenvalue weighted by molar-refractivity contribution is 6.30. The van der Waals surface area contributed by atoms with Gasteiger partial charge in [-0.1, -0.05) is 44.0 Å². The van der Waals surface area contributed by atoms with Crippen LogP contribution in [0, 0.1) is 0 Å². The van der Waals surface area contributed by atoms with Crippen LogP contribution in [0.2, 0.25) is 5.02 Å². The summed E-state index contributed by atoms with van der Waals surface area (Å²) in [5.74, 6) is 0. The molecule has 1 rings (SSSR count). The molecule has 0 amide bonds. The lowest BCUT2D eigenvalue weighted by molar-refractivity contribution is 0.0609. The highest BCUT2D eigenvalue weighted by Gasteiger charge is 2.20. The van der Waals surface area contributed by atoms with Gasteiger partial charge in [0.15, 0.2) is 0 Å². The maximum Gasteiger partial charge on any atom is 0.0727 e. The summed E-state index contributed by atoms with van der Waals surface area (Å²) in [6.45, 7) is 5.42. The number of halogens is 1. The molecule has 3 heteroatoms. The summed E-state index contributed by atoms with van der Waals surface area (Å²) in [4.78, 5) is 0. The number of rotatable bonds is 9. The molecule has 1 N–H and O–H groups in total. The molecule has 2 atom stereocenters. The number of benzene rings is 1.